The lowest BCUT2D eigenvalue weighted by molar-refractivity contribution is -0.167. The van der Waals surface area contributed by atoms with Crippen molar-refractivity contribution in [3.63, 3.8) is 0 Å². The van der Waals surface area contributed by atoms with Crippen LogP contribution in [0.15, 0.2) is 60.8 Å². The molecule has 6 nitrogen and oxygen atoms in total. The van der Waals surface area contributed by atoms with Gasteiger partial charge >= 0.3 is 17.9 Å². The van der Waals surface area contributed by atoms with Gasteiger partial charge in [0.2, 0.25) is 0 Å². The second-order valence-electron chi connectivity index (χ2n) is 14.9. The van der Waals surface area contributed by atoms with E-state index in [1.165, 1.54) is 64.2 Å². The first-order chi connectivity index (χ1) is 27.0. The molecule has 0 aliphatic rings. The van der Waals surface area contributed by atoms with Gasteiger partial charge in [-0.25, -0.2) is 0 Å². The Hall–Kier alpha value is -2.89. The molecule has 0 aliphatic carbocycles. The molecule has 0 saturated carbocycles. The zero-order valence-corrected chi connectivity index (χ0v) is 35.9. The van der Waals surface area contributed by atoms with Gasteiger partial charge in [0.05, 0.1) is 0 Å². The summed E-state index contributed by atoms with van der Waals surface area (Å²) in [5.74, 6) is -0.913. The van der Waals surface area contributed by atoms with Crippen LogP contribution in [0.4, 0.5) is 0 Å². The Balaban J connectivity index is 4.24. The van der Waals surface area contributed by atoms with Crippen LogP contribution in [0.25, 0.3) is 0 Å². The number of allylic oxidation sites excluding steroid dienone is 10. The molecule has 0 radical (unpaired) electrons. The van der Waals surface area contributed by atoms with E-state index in [0.29, 0.717) is 19.3 Å². The van der Waals surface area contributed by atoms with Gasteiger partial charge in [-0.3, -0.25) is 14.4 Å². The summed E-state index contributed by atoms with van der Waals surface area (Å²) in [6, 6.07) is 0. The van der Waals surface area contributed by atoms with E-state index in [-0.39, 0.29) is 31.1 Å². The second kappa shape index (κ2) is 43.8. The van der Waals surface area contributed by atoms with Gasteiger partial charge in [0.1, 0.15) is 13.2 Å². The second-order valence-corrected chi connectivity index (χ2v) is 14.9. The van der Waals surface area contributed by atoms with Crippen LogP contribution in [0.2, 0.25) is 0 Å². The number of carbonyl (C=O) groups is 3. The van der Waals surface area contributed by atoms with Gasteiger partial charge in [-0.05, 0) is 64.2 Å². The van der Waals surface area contributed by atoms with Crippen LogP contribution in [-0.4, -0.2) is 37.2 Å². The monoisotopic (exact) mass is 769 g/mol. The Kier molecular flexibility index (Phi) is 41.5. The van der Waals surface area contributed by atoms with E-state index in [4.69, 9.17) is 14.2 Å². The van der Waals surface area contributed by atoms with Crippen molar-refractivity contribution >= 4 is 17.9 Å². The fourth-order valence-electron chi connectivity index (χ4n) is 6.11. The number of hydrogen-bond acceptors (Lipinski definition) is 6. The average Bonchev–Trinajstić information content (AvgIpc) is 3.18. The molecule has 0 amide bonds. The lowest BCUT2D eigenvalue weighted by atomic mass is 10.1. The fourth-order valence-corrected chi connectivity index (χ4v) is 6.11. The van der Waals surface area contributed by atoms with Crippen molar-refractivity contribution in [2.45, 2.75) is 219 Å². The van der Waals surface area contributed by atoms with Crippen LogP contribution in [-0.2, 0) is 28.6 Å². The van der Waals surface area contributed by atoms with Crippen molar-refractivity contribution in [3.8, 4) is 0 Å². The number of esters is 3. The Labute approximate surface area is 339 Å². The van der Waals surface area contributed by atoms with Crippen LogP contribution in [0.3, 0.4) is 0 Å². The molecule has 0 saturated heterocycles. The molecule has 55 heavy (non-hydrogen) atoms. The Bertz CT molecular complexity index is 1020. The molecule has 0 aliphatic heterocycles. The number of unbranched alkanes of at least 4 members (excludes halogenated alkanes) is 19. The summed E-state index contributed by atoms with van der Waals surface area (Å²) in [4.78, 5) is 37.5. The minimum atomic E-state index is -0.774. The molecule has 0 spiro atoms. The molecule has 0 N–H and O–H groups in total. The lowest BCUT2D eigenvalue weighted by Gasteiger charge is -2.18. The molecule has 0 aromatic carbocycles. The highest BCUT2D eigenvalue weighted by Gasteiger charge is 2.19. The Morgan fingerprint density at radius 1 is 0.382 bits per heavy atom. The third-order valence-corrected chi connectivity index (χ3v) is 9.54. The minimum Gasteiger partial charge on any atom is -0.462 e. The van der Waals surface area contributed by atoms with E-state index in [1.54, 1.807) is 0 Å². The van der Waals surface area contributed by atoms with E-state index in [9.17, 15) is 14.4 Å². The highest BCUT2D eigenvalue weighted by atomic mass is 16.6. The minimum absolute atomic E-state index is 0.0798. The predicted octanol–water partition coefficient (Wildman–Crippen LogP) is 14.5. The van der Waals surface area contributed by atoms with Gasteiger partial charge in [0, 0.05) is 19.3 Å². The van der Waals surface area contributed by atoms with Gasteiger partial charge in [-0.1, -0.05) is 191 Å². The zero-order valence-electron chi connectivity index (χ0n) is 35.9. The largest absolute Gasteiger partial charge is 0.462 e. The van der Waals surface area contributed by atoms with Crippen LogP contribution in [0.5, 0.6) is 0 Å². The maximum Gasteiger partial charge on any atom is 0.306 e. The van der Waals surface area contributed by atoms with Gasteiger partial charge in [0.15, 0.2) is 6.10 Å². The smallest absolute Gasteiger partial charge is 0.306 e. The molecule has 316 valence electrons. The van der Waals surface area contributed by atoms with E-state index >= 15 is 0 Å². The molecule has 0 aromatic heterocycles. The molecular formula is C49H84O6. The molecular weight excluding hydrogens is 685 g/mol. The average molecular weight is 769 g/mol. The Morgan fingerprint density at radius 2 is 0.709 bits per heavy atom. The fraction of sp³-hybridized carbons (Fsp3) is 0.735. The topological polar surface area (TPSA) is 78.9 Å². The number of carbonyl (C=O) groups excluding carboxylic acids is 3. The van der Waals surface area contributed by atoms with E-state index in [2.05, 4.69) is 81.5 Å². The molecule has 1 unspecified atom stereocenters. The van der Waals surface area contributed by atoms with Crippen molar-refractivity contribution < 1.29 is 28.6 Å². The Morgan fingerprint density at radius 3 is 1.11 bits per heavy atom. The van der Waals surface area contributed by atoms with E-state index in [0.717, 1.165) is 109 Å². The molecule has 0 aromatic rings. The van der Waals surface area contributed by atoms with E-state index in [1.807, 2.05) is 0 Å². The van der Waals surface area contributed by atoms with Gasteiger partial charge < -0.3 is 14.2 Å². The summed E-state index contributed by atoms with van der Waals surface area (Å²) in [6.07, 6.45) is 52.2. The third kappa shape index (κ3) is 42.1. The van der Waals surface area contributed by atoms with Gasteiger partial charge in [-0.2, -0.15) is 0 Å². The highest BCUT2D eigenvalue weighted by molar-refractivity contribution is 5.71. The standard InChI is InChI=1S/C49H84O6/c1-4-7-10-13-16-18-20-21-22-23-24-25-26-27-28-29-30-32-33-36-39-42-48(51)54-45-46(44-53-47(50)41-38-35-15-12-9-6-3)55-49(52)43-40-37-34-31-19-17-14-11-8-5-2/h7,10,16,18,21-22,24-25,27-28,46H,4-6,8-9,11-15,17,19-20,23,26,29-45H2,1-3H3/b10-7-,18-16-,22-21-,25-24-,28-27-. The summed E-state index contributed by atoms with van der Waals surface area (Å²) in [7, 11) is 0. The maximum atomic E-state index is 12.6. The number of ether oxygens (including phenoxy) is 3. The first-order valence-corrected chi connectivity index (χ1v) is 22.8. The van der Waals surface area contributed by atoms with Crippen molar-refractivity contribution in [2.75, 3.05) is 13.2 Å². The van der Waals surface area contributed by atoms with Crippen LogP contribution in [0, 0.1) is 0 Å². The van der Waals surface area contributed by atoms with Gasteiger partial charge in [0.25, 0.3) is 0 Å². The molecule has 0 heterocycles. The maximum absolute atomic E-state index is 12.6. The van der Waals surface area contributed by atoms with Crippen molar-refractivity contribution in [1.29, 1.82) is 0 Å². The molecule has 0 bridgehead atoms. The SMILES string of the molecule is CC/C=C\C/C=C\C/C=C\C/C=C\C/C=C\CCCCCCCC(=O)OCC(COC(=O)CCCCCCCC)OC(=O)CCCCCCCCCCCC. The van der Waals surface area contributed by atoms with Crippen molar-refractivity contribution in [3.05, 3.63) is 60.8 Å². The van der Waals surface area contributed by atoms with Crippen LogP contribution in [0.1, 0.15) is 213 Å². The zero-order chi connectivity index (χ0) is 40.1. The molecule has 6 heteroatoms. The number of rotatable bonds is 40. The number of hydrogen-bond donors (Lipinski definition) is 0. The predicted molar refractivity (Wildman–Crippen MR) is 233 cm³/mol. The first-order valence-electron chi connectivity index (χ1n) is 22.8. The first kappa shape index (κ1) is 52.1. The molecule has 0 fully saturated rings. The summed E-state index contributed by atoms with van der Waals surface area (Å²) in [5, 5.41) is 0. The van der Waals surface area contributed by atoms with Crippen molar-refractivity contribution in [1.82, 2.24) is 0 Å². The summed E-state index contributed by atoms with van der Waals surface area (Å²) in [5.41, 5.74) is 0. The van der Waals surface area contributed by atoms with E-state index < -0.39 is 6.10 Å². The van der Waals surface area contributed by atoms with Crippen molar-refractivity contribution in [2.24, 2.45) is 0 Å². The lowest BCUT2D eigenvalue weighted by Crippen LogP contribution is -2.30. The van der Waals surface area contributed by atoms with Crippen LogP contribution >= 0.6 is 0 Å². The quantitative estimate of drug-likeness (QED) is 0.0267. The summed E-state index contributed by atoms with van der Waals surface area (Å²) < 4.78 is 16.6. The molecule has 1 atom stereocenters. The summed E-state index contributed by atoms with van der Waals surface area (Å²) in [6.45, 7) is 6.42. The third-order valence-electron chi connectivity index (χ3n) is 9.54. The molecule has 0 rings (SSSR count). The van der Waals surface area contributed by atoms with Gasteiger partial charge in [-0.15, -0.1) is 0 Å². The summed E-state index contributed by atoms with van der Waals surface area (Å²) >= 11 is 0. The normalized spacial score (nSPS) is 12.6. The highest BCUT2D eigenvalue weighted by Crippen LogP contribution is 2.14. The van der Waals surface area contributed by atoms with Crippen LogP contribution < -0.4 is 0 Å².